The first-order chi connectivity index (χ1) is 14.3. The second-order valence-electron chi connectivity index (χ2n) is 7.46. The Labute approximate surface area is 171 Å². The van der Waals surface area contributed by atoms with Gasteiger partial charge in [-0.25, -0.2) is 0 Å². The minimum absolute atomic E-state index is 0.00560. The summed E-state index contributed by atoms with van der Waals surface area (Å²) in [6.07, 6.45) is 0.0343. The minimum atomic E-state index is -0.128. The van der Waals surface area contributed by atoms with Crippen molar-refractivity contribution in [2.24, 2.45) is 0 Å². The highest BCUT2D eigenvalue weighted by Gasteiger charge is 2.24. The molecule has 1 fully saturated rings. The van der Waals surface area contributed by atoms with Crippen LogP contribution in [0.1, 0.15) is 5.56 Å². The third-order valence-electron chi connectivity index (χ3n) is 5.24. The van der Waals surface area contributed by atoms with Crippen molar-refractivity contribution in [1.82, 2.24) is 5.32 Å². The Balaban J connectivity index is 1.21. The maximum Gasteiger partial charge on any atom is 0.258 e. The van der Waals surface area contributed by atoms with E-state index in [9.17, 15) is 4.79 Å². The molecule has 0 radical (unpaired) electrons. The average Bonchev–Trinajstić information content (AvgIpc) is 2.77. The summed E-state index contributed by atoms with van der Waals surface area (Å²) < 4.78 is 11.5. The second kappa shape index (κ2) is 9.54. The van der Waals surface area contributed by atoms with Gasteiger partial charge in [-0.05, 0) is 22.9 Å². The molecule has 5 heteroatoms. The van der Waals surface area contributed by atoms with Gasteiger partial charge in [0.15, 0.2) is 6.61 Å². The molecular formula is C24H27N2O3+. The van der Waals surface area contributed by atoms with Gasteiger partial charge >= 0.3 is 0 Å². The van der Waals surface area contributed by atoms with Crippen molar-refractivity contribution in [2.75, 3.05) is 32.8 Å². The van der Waals surface area contributed by atoms with Gasteiger partial charge in [-0.15, -0.1) is 0 Å². The van der Waals surface area contributed by atoms with Crippen LogP contribution in [0.5, 0.6) is 5.75 Å². The third-order valence-corrected chi connectivity index (χ3v) is 5.24. The normalized spacial score (nSPS) is 19.0. The van der Waals surface area contributed by atoms with Crippen molar-refractivity contribution < 1.29 is 19.2 Å². The molecule has 29 heavy (non-hydrogen) atoms. The number of hydrogen-bond acceptors (Lipinski definition) is 3. The Hall–Kier alpha value is -2.89. The fourth-order valence-electron chi connectivity index (χ4n) is 3.71. The first-order valence-corrected chi connectivity index (χ1v) is 10.1. The van der Waals surface area contributed by atoms with E-state index < -0.39 is 0 Å². The molecule has 0 bridgehead atoms. The SMILES string of the molecule is O=C(COc1ccc2ccccc2c1)NC[C@H]1C[NH+](Cc2ccccc2)CCO1. The van der Waals surface area contributed by atoms with Crippen LogP contribution < -0.4 is 15.0 Å². The summed E-state index contributed by atoms with van der Waals surface area (Å²) in [6.45, 7) is 4.10. The Morgan fingerprint density at radius 2 is 1.83 bits per heavy atom. The number of ether oxygens (including phenoxy) is 2. The zero-order chi connectivity index (χ0) is 19.9. The van der Waals surface area contributed by atoms with Crippen LogP contribution in [0.25, 0.3) is 10.8 Å². The van der Waals surface area contributed by atoms with Gasteiger partial charge in [0.05, 0.1) is 6.61 Å². The Morgan fingerprint density at radius 1 is 1.03 bits per heavy atom. The lowest BCUT2D eigenvalue weighted by Crippen LogP contribution is -3.13. The van der Waals surface area contributed by atoms with Gasteiger partial charge in [-0.3, -0.25) is 4.79 Å². The number of hydrogen-bond donors (Lipinski definition) is 2. The molecule has 0 spiro atoms. The van der Waals surface area contributed by atoms with Crippen LogP contribution >= 0.6 is 0 Å². The number of quaternary nitrogens is 1. The molecule has 1 saturated heterocycles. The van der Waals surface area contributed by atoms with Crippen molar-refractivity contribution >= 4 is 16.7 Å². The van der Waals surface area contributed by atoms with Gasteiger partial charge in [0.1, 0.15) is 31.5 Å². The van der Waals surface area contributed by atoms with Crippen LogP contribution in [-0.4, -0.2) is 44.9 Å². The molecule has 1 unspecified atom stereocenters. The molecule has 150 valence electrons. The molecule has 1 amide bonds. The van der Waals surface area contributed by atoms with E-state index in [0.29, 0.717) is 12.3 Å². The number of nitrogens with one attached hydrogen (secondary N) is 2. The number of fused-ring (bicyclic) bond motifs is 1. The molecule has 1 heterocycles. The molecule has 1 aliphatic rings. The molecule has 2 N–H and O–H groups in total. The van der Waals surface area contributed by atoms with Crippen molar-refractivity contribution in [3.8, 4) is 5.75 Å². The lowest BCUT2D eigenvalue weighted by molar-refractivity contribution is -0.925. The maximum atomic E-state index is 12.2. The van der Waals surface area contributed by atoms with Crippen molar-refractivity contribution in [1.29, 1.82) is 0 Å². The molecular weight excluding hydrogens is 364 g/mol. The van der Waals surface area contributed by atoms with E-state index in [-0.39, 0.29) is 18.6 Å². The van der Waals surface area contributed by atoms with E-state index >= 15 is 0 Å². The monoisotopic (exact) mass is 391 g/mol. The highest BCUT2D eigenvalue weighted by molar-refractivity contribution is 5.84. The van der Waals surface area contributed by atoms with E-state index in [0.717, 1.165) is 37.0 Å². The number of rotatable bonds is 7. The number of amides is 1. The molecule has 0 aromatic heterocycles. The van der Waals surface area contributed by atoms with Crippen LogP contribution in [0.15, 0.2) is 72.8 Å². The molecule has 2 atom stereocenters. The summed E-state index contributed by atoms with van der Waals surface area (Å²) in [6, 6.07) is 24.4. The van der Waals surface area contributed by atoms with Gasteiger partial charge in [0.2, 0.25) is 0 Å². The molecule has 3 aromatic carbocycles. The maximum absolute atomic E-state index is 12.2. The second-order valence-corrected chi connectivity index (χ2v) is 7.46. The smallest absolute Gasteiger partial charge is 0.258 e. The fourth-order valence-corrected chi connectivity index (χ4v) is 3.71. The van der Waals surface area contributed by atoms with E-state index in [1.165, 1.54) is 10.5 Å². The summed E-state index contributed by atoms with van der Waals surface area (Å²) in [5.41, 5.74) is 1.33. The lowest BCUT2D eigenvalue weighted by atomic mass is 10.1. The van der Waals surface area contributed by atoms with E-state index in [2.05, 4.69) is 35.6 Å². The predicted molar refractivity (Wildman–Crippen MR) is 113 cm³/mol. The highest BCUT2D eigenvalue weighted by Crippen LogP contribution is 2.20. The Kier molecular flexibility index (Phi) is 6.39. The largest absolute Gasteiger partial charge is 0.484 e. The summed E-state index contributed by atoms with van der Waals surface area (Å²) >= 11 is 0. The van der Waals surface area contributed by atoms with Crippen LogP contribution in [0.4, 0.5) is 0 Å². The van der Waals surface area contributed by atoms with Crippen LogP contribution in [-0.2, 0) is 16.1 Å². The van der Waals surface area contributed by atoms with E-state index in [1.807, 2.05) is 42.5 Å². The summed E-state index contributed by atoms with van der Waals surface area (Å²) in [4.78, 5) is 13.7. The number of carbonyl (C=O) groups excluding carboxylic acids is 1. The topological polar surface area (TPSA) is 52.0 Å². The highest BCUT2D eigenvalue weighted by atomic mass is 16.5. The molecule has 0 aliphatic carbocycles. The van der Waals surface area contributed by atoms with Crippen molar-refractivity contribution in [2.45, 2.75) is 12.6 Å². The van der Waals surface area contributed by atoms with Crippen molar-refractivity contribution in [3.63, 3.8) is 0 Å². The molecule has 1 aliphatic heterocycles. The van der Waals surface area contributed by atoms with Gasteiger partial charge in [-0.2, -0.15) is 0 Å². The Morgan fingerprint density at radius 3 is 2.69 bits per heavy atom. The first kappa shape index (κ1) is 19.4. The van der Waals surface area contributed by atoms with Crippen LogP contribution in [0.2, 0.25) is 0 Å². The predicted octanol–water partition coefficient (Wildman–Crippen LogP) is 1.82. The number of morpholine rings is 1. The number of carbonyl (C=O) groups is 1. The molecule has 0 saturated carbocycles. The van der Waals surface area contributed by atoms with E-state index in [1.54, 1.807) is 0 Å². The first-order valence-electron chi connectivity index (χ1n) is 10.1. The summed E-state index contributed by atoms with van der Waals surface area (Å²) in [7, 11) is 0. The average molecular weight is 391 g/mol. The molecule has 5 nitrogen and oxygen atoms in total. The Bertz CT molecular complexity index is 945. The van der Waals surface area contributed by atoms with Gasteiger partial charge < -0.3 is 19.7 Å². The molecule has 3 aromatic rings. The zero-order valence-electron chi connectivity index (χ0n) is 16.5. The fraction of sp³-hybridized carbons (Fsp3) is 0.292. The third kappa shape index (κ3) is 5.56. The summed E-state index contributed by atoms with van der Waals surface area (Å²) in [5, 5.41) is 5.20. The standard InChI is InChI=1S/C24H26N2O3/c27-24(18-29-22-11-10-20-8-4-5-9-21(20)14-22)25-15-23-17-26(12-13-28-23)16-19-6-2-1-3-7-19/h1-11,14,23H,12-13,15-18H2,(H,25,27)/p+1/t23-/m0/s1. The quantitative estimate of drug-likeness (QED) is 0.646. The zero-order valence-corrected chi connectivity index (χ0v) is 16.5. The van der Waals surface area contributed by atoms with Gasteiger partial charge in [0.25, 0.3) is 5.91 Å². The van der Waals surface area contributed by atoms with Gasteiger partial charge in [-0.1, -0.05) is 60.7 Å². The van der Waals surface area contributed by atoms with Crippen molar-refractivity contribution in [3.05, 3.63) is 78.4 Å². The van der Waals surface area contributed by atoms with E-state index in [4.69, 9.17) is 9.47 Å². The lowest BCUT2D eigenvalue weighted by Gasteiger charge is -2.30. The van der Waals surface area contributed by atoms with Crippen LogP contribution in [0.3, 0.4) is 0 Å². The summed E-state index contributed by atoms with van der Waals surface area (Å²) in [5.74, 6) is 0.572. The van der Waals surface area contributed by atoms with Crippen LogP contribution in [0, 0.1) is 0 Å². The van der Waals surface area contributed by atoms with Gasteiger partial charge in [0, 0.05) is 12.1 Å². The minimum Gasteiger partial charge on any atom is -0.484 e. The number of benzene rings is 3. The molecule has 4 rings (SSSR count).